The molecule has 0 spiro atoms. The molecule has 1 aromatic carbocycles. The van der Waals surface area contributed by atoms with Gasteiger partial charge in [0.2, 0.25) is 10.0 Å². The van der Waals surface area contributed by atoms with Gasteiger partial charge in [-0.25, -0.2) is 13.6 Å². The molecule has 0 radical (unpaired) electrons. The molecule has 1 aromatic heterocycles. The highest BCUT2D eigenvalue weighted by Crippen LogP contribution is 2.09. The van der Waals surface area contributed by atoms with E-state index in [4.69, 9.17) is 16.7 Å². The molecule has 0 aliphatic heterocycles. The number of hydrogen-bond acceptors (Lipinski definition) is 4. The Labute approximate surface area is 137 Å². The minimum Gasteiger partial charge on any atom is -0.352 e. The Kier molecular flexibility index (Phi) is 5.19. The van der Waals surface area contributed by atoms with Crippen molar-refractivity contribution in [3.63, 3.8) is 0 Å². The monoisotopic (exact) mass is 355 g/mol. The van der Waals surface area contributed by atoms with E-state index in [9.17, 15) is 18.0 Å². The summed E-state index contributed by atoms with van der Waals surface area (Å²) in [7, 11) is -3.71. The maximum atomic E-state index is 11.9. The van der Waals surface area contributed by atoms with Crippen molar-refractivity contribution < 1.29 is 13.2 Å². The number of benzene rings is 1. The number of nitrogens with two attached hydrogens (primary N) is 1. The number of hydrogen-bond donors (Lipinski definition) is 3. The number of aromatic nitrogens is 1. The number of pyridine rings is 1. The largest absolute Gasteiger partial charge is 0.352 e. The fourth-order valence-corrected chi connectivity index (χ4v) is 2.54. The van der Waals surface area contributed by atoms with Crippen LogP contribution < -0.4 is 16.0 Å². The summed E-state index contributed by atoms with van der Waals surface area (Å²) >= 11 is 5.66. The third kappa shape index (κ3) is 4.65. The van der Waals surface area contributed by atoms with Gasteiger partial charge in [-0.2, -0.15) is 0 Å². The number of amides is 1. The predicted octanol–water partition coefficient (Wildman–Crippen LogP) is 0.648. The van der Waals surface area contributed by atoms with Crippen molar-refractivity contribution in [2.75, 3.05) is 6.54 Å². The van der Waals surface area contributed by atoms with E-state index in [-0.39, 0.29) is 21.4 Å². The van der Waals surface area contributed by atoms with Gasteiger partial charge in [-0.15, -0.1) is 0 Å². The van der Waals surface area contributed by atoms with E-state index in [1.165, 1.54) is 24.4 Å². The van der Waals surface area contributed by atoms with E-state index in [2.05, 4.69) is 10.3 Å². The highest BCUT2D eigenvalue weighted by atomic mass is 35.5. The van der Waals surface area contributed by atoms with Gasteiger partial charge < -0.3 is 10.3 Å². The highest BCUT2D eigenvalue weighted by molar-refractivity contribution is 7.89. The minimum absolute atomic E-state index is 0.0353. The Morgan fingerprint density at radius 1 is 1.26 bits per heavy atom. The Morgan fingerprint density at radius 2 is 1.91 bits per heavy atom. The van der Waals surface area contributed by atoms with Crippen molar-refractivity contribution in [3.8, 4) is 0 Å². The molecule has 0 fully saturated rings. The first-order chi connectivity index (χ1) is 10.8. The summed E-state index contributed by atoms with van der Waals surface area (Å²) in [6, 6.07) is 7.37. The van der Waals surface area contributed by atoms with Crippen LogP contribution >= 0.6 is 11.6 Å². The zero-order valence-electron chi connectivity index (χ0n) is 11.9. The van der Waals surface area contributed by atoms with Crippen LogP contribution in [-0.2, 0) is 16.4 Å². The van der Waals surface area contributed by atoms with E-state index in [1.54, 1.807) is 12.1 Å². The molecule has 23 heavy (non-hydrogen) atoms. The smallest absolute Gasteiger partial charge is 0.266 e. The molecule has 0 unspecified atom stereocenters. The number of primary sulfonamides is 1. The van der Waals surface area contributed by atoms with Crippen LogP contribution in [0.5, 0.6) is 0 Å². The second-order valence-electron chi connectivity index (χ2n) is 4.76. The van der Waals surface area contributed by atoms with Crippen LogP contribution in [0.3, 0.4) is 0 Å². The maximum Gasteiger partial charge on any atom is 0.266 e. The van der Waals surface area contributed by atoms with E-state index in [0.29, 0.717) is 13.0 Å². The zero-order chi connectivity index (χ0) is 17.0. The van der Waals surface area contributed by atoms with Crippen molar-refractivity contribution >= 4 is 27.5 Å². The average molecular weight is 356 g/mol. The van der Waals surface area contributed by atoms with Gasteiger partial charge in [-0.1, -0.05) is 23.7 Å². The number of rotatable bonds is 5. The van der Waals surface area contributed by atoms with Crippen LogP contribution in [0.15, 0.2) is 46.2 Å². The normalized spacial score (nSPS) is 11.2. The Hall–Kier alpha value is -2.16. The molecule has 7 nitrogen and oxygen atoms in total. The molecule has 0 bridgehead atoms. The fourth-order valence-electron chi connectivity index (χ4n) is 1.86. The van der Waals surface area contributed by atoms with Crippen molar-refractivity contribution in [2.24, 2.45) is 5.14 Å². The maximum absolute atomic E-state index is 11.9. The summed E-state index contributed by atoms with van der Waals surface area (Å²) in [4.78, 5) is 25.4. The lowest BCUT2D eigenvalue weighted by molar-refractivity contribution is 0.0953. The third-order valence-electron chi connectivity index (χ3n) is 3.07. The first kappa shape index (κ1) is 17.2. The third-order valence-corrected chi connectivity index (χ3v) is 4.28. The number of halogens is 1. The van der Waals surface area contributed by atoms with Crippen molar-refractivity contribution in [1.29, 1.82) is 0 Å². The zero-order valence-corrected chi connectivity index (χ0v) is 13.4. The first-order valence-corrected chi connectivity index (χ1v) is 8.48. The predicted molar refractivity (Wildman–Crippen MR) is 85.9 cm³/mol. The SMILES string of the molecule is NS(=O)(=O)c1ccc(CCNC(=O)c2c[nH]c(=O)c(Cl)c2)cc1. The Bertz CT molecular complexity index is 876. The van der Waals surface area contributed by atoms with Crippen molar-refractivity contribution in [1.82, 2.24) is 10.3 Å². The van der Waals surface area contributed by atoms with Gasteiger partial charge in [0.25, 0.3) is 11.5 Å². The Balaban J connectivity index is 1.93. The second-order valence-corrected chi connectivity index (χ2v) is 6.73. The number of aromatic amines is 1. The summed E-state index contributed by atoms with van der Waals surface area (Å²) in [5, 5.41) is 7.63. The van der Waals surface area contributed by atoms with E-state index >= 15 is 0 Å². The van der Waals surface area contributed by atoms with Gasteiger partial charge >= 0.3 is 0 Å². The molecule has 2 rings (SSSR count). The molecule has 0 saturated carbocycles. The Morgan fingerprint density at radius 3 is 2.48 bits per heavy atom. The standard InChI is InChI=1S/C14H14ClN3O4S/c15-12-7-10(8-18-14(12)20)13(19)17-6-5-9-1-3-11(4-2-9)23(16,21)22/h1-4,7-8H,5-6H2,(H,17,19)(H,18,20)(H2,16,21,22). The number of nitrogens with one attached hydrogen (secondary N) is 2. The van der Waals surface area contributed by atoms with Gasteiger partial charge in [0, 0.05) is 12.7 Å². The lowest BCUT2D eigenvalue weighted by Gasteiger charge is -2.06. The summed E-state index contributed by atoms with van der Waals surface area (Å²) in [6.07, 6.45) is 1.79. The lowest BCUT2D eigenvalue weighted by Crippen LogP contribution is -2.26. The quantitative estimate of drug-likeness (QED) is 0.728. The van der Waals surface area contributed by atoms with Crippen molar-refractivity contribution in [2.45, 2.75) is 11.3 Å². The number of sulfonamides is 1. The van der Waals surface area contributed by atoms with Gasteiger partial charge in [0.15, 0.2) is 0 Å². The molecule has 0 saturated heterocycles. The summed E-state index contributed by atoms with van der Waals surface area (Å²) in [6.45, 7) is 0.338. The number of carbonyl (C=O) groups excluding carboxylic acids is 1. The molecule has 1 amide bonds. The molecule has 0 aliphatic carbocycles. The average Bonchev–Trinajstić information content (AvgIpc) is 2.49. The molecule has 0 atom stereocenters. The fraction of sp³-hybridized carbons (Fsp3) is 0.143. The molecule has 2 aromatic rings. The van der Waals surface area contributed by atoms with Crippen molar-refractivity contribution in [3.05, 3.63) is 63.0 Å². The second kappa shape index (κ2) is 6.95. The van der Waals surface area contributed by atoms with Crippen LogP contribution in [0, 0.1) is 0 Å². The van der Waals surface area contributed by atoms with Crippen LogP contribution in [0.1, 0.15) is 15.9 Å². The molecule has 122 valence electrons. The minimum atomic E-state index is -3.71. The molecule has 0 aliphatic rings. The summed E-state index contributed by atoms with van der Waals surface area (Å²) in [5.41, 5.74) is 0.634. The summed E-state index contributed by atoms with van der Waals surface area (Å²) < 4.78 is 22.3. The van der Waals surface area contributed by atoms with Gasteiger partial charge in [0.1, 0.15) is 5.02 Å². The van der Waals surface area contributed by atoms with Crippen LogP contribution in [-0.4, -0.2) is 25.9 Å². The van der Waals surface area contributed by atoms with Crippen LogP contribution in [0.2, 0.25) is 5.02 Å². The highest BCUT2D eigenvalue weighted by Gasteiger charge is 2.09. The lowest BCUT2D eigenvalue weighted by atomic mass is 10.1. The van der Waals surface area contributed by atoms with Gasteiger partial charge in [0.05, 0.1) is 10.5 Å². The van der Waals surface area contributed by atoms with Crippen LogP contribution in [0.25, 0.3) is 0 Å². The topological polar surface area (TPSA) is 122 Å². The molecular weight excluding hydrogens is 342 g/mol. The molecule has 1 heterocycles. The molecule has 9 heteroatoms. The van der Waals surface area contributed by atoms with E-state index < -0.39 is 15.6 Å². The molecule has 4 N–H and O–H groups in total. The van der Waals surface area contributed by atoms with Gasteiger partial charge in [-0.3, -0.25) is 9.59 Å². The summed E-state index contributed by atoms with van der Waals surface area (Å²) in [5.74, 6) is -0.371. The van der Waals surface area contributed by atoms with E-state index in [0.717, 1.165) is 5.56 Å². The van der Waals surface area contributed by atoms with Gasteiger partial charge in [-0.05, 0) is 30.2 Å². The number of H-pyrrole nitrogens is 1. The first-order valence-electron chi connectivity index (χ1n) is 6.55. The number of carbonyl (C=O) groups is 1. The molecular formula is C14H14ClN3O4S. The van der Waals surface area contributed by atoms with E-state index in [1.807, 2.05) is 0 Å². The van der Waals surface area contributed by atoms with Crippen LogP contribution in [0.4, 0.5) is 0 Å².